The van der Waals surface area contributed by atoms with E-state index < -0.39 is 11.7 Å². The third-order valence-electron chi connectivity index (χ3n) is 4.57. The molecule has 1 fully saturated rings. The zero-order valence-corrected chi connectivity index (χ0v) is 14.8. The van der Waals surface area contributed by atoms with Crippen LogP contribution in [0.4, 0.5) is 10.5 Å². The molecule has 1 aliphatic carbocycles. The van der Waals surface area contributed by atoms with E-state index >= 15 is 0 Å². The second-order valence-corrected chi connectivity index (χ2v) is 7.84. The van der Waals surface area contributed by atoms with E-state index in [4.69, 9.17) is 9.47 Å². The molecule has 1 saturated carbocycles. The van der Waals surface area contributed by atoms with Gasteiger partial charge in [0, 0.05) is 5.41 Å². The fourth-order valence-corrected chi connectivity index (χ4v) is 3.07. The average molecular weight is 321 g/mol. The first kappa shape index (κ1) is 17.6. The number of rotatable bonds is 4. The van der Waals surface area contributed by atoms with E-state index in [1.54, 1.807) is 13.2 Å². The van der Waals surface area contributed by atoms with Crippen LogP contribution in [0.3, 0.4) is 0 Å². The summed E-state index contributed by atoms with van der Waals surface area (Å²) in [5.74, 6) is 0.559. The van der Waals surface area contributed by atoms with E-state index in [0.717, 1.165) is 12.0 Å². The Morgan fingerprint density at radius 3 is 2.39 bits per heavy atom. The monoisotopic (exact) mass is 321 g/mol. The minimum atomic E-state index is -0.559. The van der Waals surface area contributed by atoms with Gasteiger partial charge in [0.1, 0.15) is 11.4 Å². The Morgan fingerprint density at radius 1 is 1.35 bits per heavy atom. The summed E-state index contributed by atoms with van der Waals surface area (Å²) < 4.78 is 10.7. The molecule has 1 aliphatic rings. The zero-order chi connectivity index (χ0) is 17.5. The minimum absolute atomic E-state index is 0.0624. The Hall–Kier alpha value is -1.75. The molecule has 23 heavy (non-hydrogen) atoms. The smallest absolute Gasteiger partial charge is 0.412 e. The lowest BCUT2D eigenvalue weighted by Crippen LogP contribution is -2.27. The number of carbonyl (C=O) groups excluding carboxylic acids is 1. The van der Waals surface area contributed by atoms with Gasteiger partial charge in [0.05, 0.1) is 19.4 Å². The van der Waals surface area contributed by atoms with E-state index in [0.29, 0.717) is 11.4 Å². The SMILES string of the molecule is COc1cc(C2(CO)CC2(C)C)ccc1NC(=O)OC(C)(C)C. The highest BCUT2D eigenvalue weighted by molar-refractivity contribution is 5.87. The number of aliphatic hydroxyl groups excluding tert-OH is 1. The number of hydrogen-bond donors (Lipinski definition) is 2. The zero-order valence-electron chi connectivity index (χ0n) is 14.8. The van der Waals surface area contributed by atoms with E-state index in [9.17, 15) is 9.90 Å². The summed E-state index contributed by atoms with van der Waals surface area (Å²) in [6.07, 6.45) is 0.408. The van der Waals surface area contributed by atoms with Crippen LogP contribution in [-0.4, -0.2) is 30.5 Å². The van der Waals surface area contributed by atoms with E-state index in [-0.39, 0.29) is 17.4 Å². The lowest BCUT2D eigenvalue weighted by atomic mass is 9.88. The summed E-state index contributed by atoms with van der Waals surface area (Å²) in [6, 6.07) is 5.61. The van der Waals surface area contributed by atoms with Gasteiger partial charge in [0.15, 0.2) is 0 Å². The summed E-state index contributed by atoms with van der Waals surface area (Å²) in [5, 5.41) is 12.5. The first-order chi connectivity index (χ1) is 10.5. The molecule has 0 aliphatic heterocycles. The van der Waals surface area contributed by atoms with Gasteiger partial charge in [-0.1, -0.05) is 19.9 Å². The van der Waals surface area contributed by atoms with Crippen molar-refractivity contribution in [1.82, 2.24) is 0 Å². The van der Waals surface area contributed by atoms with Gasteiger partial charge < -0.3 is 14.6 Å². The molecule has 128 valence electrons. The molecule has 5 heteroatoms. The van der Waals surface area contributed by atoms with Gasteiger partial charge >= 0.3 is 6.09 Å². The topological polar surface area (TPSA) is 67.8 Å². The molecule has 5 nitrogen and oxygen atoms in total. The van der Waals surface area contributed by atoms with Crippen LogP contribution in [0.1, 0.15) is 46.6 Å². The molecule has 0 heterocycles. The van der Waals surface area contributed by atoms with Gasteiger partial charge in [0.25, 0.3) is 0 Å². The van der Waals surface area contributed by atoms with Crippen molar-refractivity contribution in [2.45, 2.75) is 52.1 Å². The van der Waals surface area contributed by atoms with Gasteiger partial charge in [-0.2, -0.15) is 0 Å². The number of hydrogen-bond acceptors (Lipinski definition) is 4. The summed E-state index contributed by atoms with van der Waals surface area (Å²) in [4.78, 5) is 11.9. The highest BCUT2D eigenvalue weighted by Crippen LogP contribution is 2.64. The van der Waals surface area contributed by atoms with Gasteiger partial charge in [0.2, 0.25) is 0 Å². The van der Waals surface area contributed by atoms with E-state index in [1.807, 2.05) is 32.9 Å². The van der Waals surface area contributed by atoms with Crippen LogP contribution in [0.25, 0.3) is 0 Å². The van der Waals surface area contributed by atoms with Gasteiger partial charge in [-0.25, -0.2) is 4.79 Å². The Morgan fingerprint density at radius 2 is 1.96 bits per heavy atom. The third-order valence-corrected chi connectivity index (χ3v) is 4.57. The molecular weight excluding hydrogens is 294 g/mol. The van der Waals surface area contributed by atoms with Crippen molar-refractivity contribution < 1.29 is 19.4 Å². The number of anilines is 1. The van der Waals surface area contributed by atoms with Crippen molar-refractivity contribution in [3.8, 4) is 5.75 Å². The number of methoxy groups -OCH3 is 1. The van der Waals surface area contributed by atoms with Crippen LogP contribution < -0.4 is 10.1 Å². The molecule has 0 radical (unpaired) electrons. The maximum atomic E-state index is 11.9. The largest absolute Gasteiger partial charge is 0.495 e. The Labute approximate surface area is 138 Å². The summed E-state index contributed by atoms with van der Waals surface area (Å²) in [5.41, 5.74) is 0.849. The normalized spacial score (nSPS) is 22.4. The second-order valence-electron chi connectivity index (χ2n) is 7.84. The molecular formula is C18H27NO4. The van der Waals surface area contributed by atoms with Gasteiger partial charge in [-0.3, -0.25) is 5.32 Å². The maximum absolute atomic E-state index is 11.9. The molecule has 0 aromatic heterocycles. The molecule has 1 amide bonds. The lowest BCUT2D eigenvalue weighted by Gasteiger charge is -2.22. The predicted octanol–water partition coefficient (Wildman–Crippen LogP) is 3.70. The number of aliphatic hydroxyl groups is 1. The van der Waals surface area contributed by atoms with Crippen molar-refractivity contribution in [1.29, 1.82) is 0 Å². The molecule has 1 unspecified atom stereocenters. The maximum Gasteiger partial charge on any atom is 0.412 e. The Kier molecular flexibility index (Phi) is 4.37. The number of nitrogens with one attached hydrogen (secondary N) is 1. The van der Waals surface area contributed by atoms with Crippen molar-refractivity contribution >= 4 is 11.8 Å². The first-order valence-corrected chi connectivity index (χ1v) is 7.84. The van der Waals surface area contributed by atoms with Crippen molar-refractivity contribution in [3.05, 3.63) is 23.8 Å². The molecule has 0 saturated heterocycles. The molecule has 1 aromatic rings. The minimum Gasteiger partial charge on any atom is -0.495 e. The Balaban J connectivity index is 2.23. The number of benzene rings is 1. The second kappa shape index (κ2) is 5.71. The summed E-state index contributed by atoms with van der Waals surface area (Å²) in [6.45, 7) is 9.82. The standard InChI is InChI=1S/C18H27NO4/c1-16(2,3)23-15(21)19-13-8-7-12(9-14(13)22-6)18(11-20)10-17(18,4)5/h7-9,20H,10-11H2,1-6H3,(H,19,21). The highest BCUT2D eigenvalue weighted by Gasteiger charge is 2.61. The van der Waals surface area contributed by atoms with Crippen LogP contribution in [0.2, 0.25) is 0 Å². The van der Waals surface area contributed by atoms with Gasteiger partial charge in [-0.15, -0.1) is 0 Å². The lowest BCUT2D eigenvalue weighted by molar-refractivity contribution is 0.0635. The molecule has 1 aromatic carbocycles. The third kappa shape index (κ3) is 3.44. The quantitative estimate of drug-likeness (QED) is 0.887. The summed E-state index contributed by atoms with van der Waals surface area (Å²) >= 11 is 0. The number of carbonyl (C=O) groups is 1. The number of amides is 1. The molecule has 2 rings (SSSR count). The molecule has 0 bridgehead atoms. The Bertz CT molecular complexity index is 604. The van der Waals surface area contributed by atoms with Gasteiger partial charge in [-0.05, 0) is 50.3 Å². The highest BCUT2D eigenvalue weighted by atomic mass is 16.6. The van der Waals surface area contributed by atoms with Crippen LogP contribution in [0, 0.1) is 5.41 Å². The summed E-state index contributed by atoms with van der Waals surface area (Å²) in [7, 11) is 1.56. The van der Waals surface area contributed by atoms with Crippen LogP contribution in [0.5, 0.6) is 5.75 Å². The van der Waals surface area contributed by atoms with Crippen LogP contribution in [0.15, 0.2) is 18.2 Å². The fraction of sp³-hybridized carbons (Fsp3) is 0.611. The predicted molar refractivity (Wildman–Crippen MR) is 90.0 cm³/mol. The van der Waals surface area contributed by atoms with Crippen molar-refractivity contribution in [2.24, 2.45) is 5.41 Å². The van der Waals surface area contributed by atoms with Crippen molar-refractivity contribution in [3.63, 3.8) is 0 Å². The first-order valence-electron chi connectivity index (χ1n) is 7.84. The van der Waals surface area contributed by atoms with Crippen molar-refractivity contribution in [2.75, 3.05) is 19.0 Å². The van der Waals surface area contributed by atoms with E-state index in [2.05, 4.69) is 19.2 Å². The fourth-order valence-electron chi connectivity index (χ4n) is 3.07. The number of ether oxygens (including phenoxy) is 2. The van der Waals surface area contributed by atoms with Crippen LogP contribution >= 0.6 is 0 Å². The molecule has 1 atom stereocenters. The molecule has 0 spiro atoms. The average Bonchev–Trinajstić information content (AvgIpc) is 3.00. The van der Waals surface area contributed by atoms with E-state index in [1.165, 1.54) is 0 Å². The van der Waals surface area contributed by atoms with Crippen LogP contribution in [-0.2, 0) is 10.2 Å². The molecule has 2 N–H and O–H groups in total.